The molecular formula is C14H19ClO3. The molecule has 4 heteroatoms. The second-order valence-corrected chi connectivity index (χ2v) is 5.57. The maximum Gasteiger partial charge on any atom is 0.304 e. The number of rotatable bonds is 4. The number of benzene rings is 1. The van der Waals surface area contributed by atoms with Gasteiger partial charge in [-0.05, 0) is 31.0 Å². The van der Waals surface area contributed by atoms with E-state index in [1.807, 2.05) is 33.8 Å². The van der Waals surface area contributed by atoms with Crippen LogP contribution in [0.3, 0.4) is 0 Å². The number of halogens is 1. The Morgan fingerprint density at radius 2 is 2.00 bits per heavy atom. The van der Waals surface area contributed by atoms with E-state index in [4.69, 9.17) is 21.4 Å². The molecule has 0 radical (unpaired) electrons. The smallest absolute Gasteiger partial charge is 0.304 e. The number of aliphatic carboxylic acids is 1. The van der Waals surface area contributed by atoms with Crippen molar-refractivity contribution in [2.75, 3.05) is 7.11 Å². The molecule has 1 N–H and O–H groups in total. The second kappa shape index (κ2) is 5.19. The summed E-state index contributed by atoms with van der Waals surface area (Å²) in [5.41, 5.74) is 2.14. The van der Waals surface area contributed by atoms with Crippen molar-refractivity contribution in [3.05, 3.63) is 27.8 Å². The molecule has 0 aliphatic rings. The van der Waals surface area contributed by atoms with Crippen LogP contribution in [-0.2, 0) is 10.2 Å². The lowest BCUT2D eigenvalue weighted by Crippen LogP contribution is -2.24. The monoisotopic (exact) mass is 270 g/mol. The Bertz CT molecular complexity index is 478. The number of carboxylic acids is 1. The molecule has 0 heterocycles. The minimum absolute atomic E-state index is 0.0317. The first-order valence-electron chi connectivity index (χ1n) is 5.76. The van der Waals surface area contributed by atoms with Crippen molar-refractivity contribution in [2.45, 2.75) is 39.5 Å². The quantitative estimate of drug-likeness (QED) is 0.907. The molecule has 3 nitrogen and oxygen atoms in total. The Balaban J connectivity index is 3.51. The highest BCUT2D eigenvalue weighted by Gasteiger charge is 2.30. The van der Waals surface area contributed by atoms with Crippen LogP contribution in [0.2, 0.25) is 5.02 Å². The molecule has 0 bridgehead atoms. The van der Waals surface area contributed by atoms with Crippen LogP contribution >= 0.6 is 11.6 Å². The van der Waals surface area contributed by atoms with Crippen molar-refractivity contribution >= 4 is 17.6 Å². The molecule has 18 heavy (non-hydrogen) atoms. The van der Waals surface area contributed by atoms with Crippen LogP contribution in [0.15, 0.2) is 6.07 Å². The lowest BCUT2D eigenvalue weighted by molar-refractivity contribution is -0.138. The van der Waals surface area contributed by atoms with Crippen LogP contribution in [0.25, 0.3) is 0 Å². The Morgan fingerprint density at radius 3 is 2.44 bits per heavy atom. The Kier molecular flexibility index (Phi) is 4.28. The van der Waals surface area contributed by atoms with Crippen molar-refractivity contribution < 1.29 is 14.6 Å². The van der Waals surface area contributed by atoms with Gasteiger partial charge in [-0.25, -0.2) is 0 Å². The molecule has 1 aromatic rings. The van der Waals surface area contributed by atoms with E-state index in [1.54, 1.807) is 7.11 Å². The molecule has 0 aromatic heterocycles. The largest absolute Gasteiger partial charge is 0.496 e. The minimum Gasteiger partial charge on any atom is -0.496 e. The van der Waals surface area contributed by atoms with Crippen molar-refractivity contribution in [1.82, 2.24) is 0 Å². The van der Waals surface area contributed by atoms with Gasteiger partial charge in [-0.3, -0.25) is 4.79 Å². The lowest BCUT2D eigenvalue weighted by Gasteiger charge is -2.29. The molecule has 0 amide bonds. The average Bonchev–Trinajstić information content (AvgIpc) is 2.20. The van der Waals surface area contributed by atoms with Gasteiger partial charge in [-0.15, -0.1) is 0 Å². The van der Waals surface area contributed by atoms with E-state index < -0.39 is 11.4 Å². The number of hydrogen-bond donors (Lipinski definition) is 1. The molecule has 0 fully saturated rings. The van der Waals surface area contributed by atoms with Crippen LogP contribution in [-0.4, -0.2) is 18.2 Å². The van der Waals surface area contributed by atoms with Crippen LogP contribution in [0, 0.1) is 13.8 Å². The van der Waals surface area contributed by atoms with Crippen molar-refractivity contribution in [3.63, 3.8) is 0 Å². The van der Waals surface area contributed by atoms with Gasteiger partial charge in [0.1, 0.15) is 5.75 Å². The Labute approximate surface area is 113 Å². The summed E-state index contributed by atoms with van der Waals surface area (Å²) in [6.07, 6.45) is 0.0317. The van der Waals surface area contributed by atoms with E-state index >= 15 is 0 Å². The van der Waals surface area contributed by atoms with Gasteiger partial charge in [0.05, 0.1) is 13.5 Å². The van der Waals surface area contributed by atoms with Gasteiger partial charge in [-0.1, -0.05) is 25.4 Å². The molecule has 0 aliphatic carbocycles. The van der Waals surface area contributed by atoms with E-state index in [2.05, 4.69) is 0 Å². The zero-order valence-electron chi connectivity index (χ0n) is 11.4. The fraction of sp³-hybridized carbons (Fsp3) is 0.500. The third-order valence-corrected chi connectivity index (χ3v) is 3.53. The minimum atomic E-state index is -0.834. The standard InChI is InChI=1S/C14H19ClO3/c1-8-6-10(15)9(2)12(13(8)18-5)14(3,4)7-11(16)17/h6H,7H2,1-5H3,(H,16,17). The fourth-order valence-electron chi connectivity index (χ4n) is 2.40. The van der Waals surface area contributed by atoms with Gasteiger partial charge in [0.2, 0.25) is 0 Å². The molecule has 0 spiro atoms. The first-order valence-corrected chi connectivity index (χ1v) is 6.14. The van der Waals surface area contributed by atoms with Crippen molar-refractivity contribution in [2.24, 2.45) is 0 Å². The maximum atomic E-state index is 11.0. The van der Waals surface area contributed by atoms with Gasteiger partial charge >= 0.3 is 5.97 Å². The number of aryl methyl sites for hydroxylation is 1. The highest BCUT2D eigenvalue weighted by Crippen LogP contribution is 2.41. The molecule has 0 unspecified atom stereocenters. The number of ether oxygens (including phenoxy) is 1. The third-order valence-electron chi connectivity index (χ3n) is 3.14. The van der Waals surface area contributed by atoms with E-state index in [-0.39, 0.29) is 6.42 Å². The summed E-state index contributed by atoms with van der Waals surface area (Å²) in [6.45, 7) is 7.58. The second-order valence-electron chi connectivity index (χ2n) is 5.16. The van der Waals surface area contributed by atoms with Crippen LogP contribution in [0.1, 0.15) is 37.0 Å². The van der Waals surface area contributed by atoms with E-state index in [0.29, 0.717) is 5.02 Å². The van der Waals surface area contributed by atoms with Gasteiger partial charge in [-0.2, -0.15) is 0 Å². The SMILES string of the molecule is COc1c(C)cc(Cl)c(C)c1C(C)(C)CC(=O)O. The predicted molar refractivity (Wildman–Crippen MR) is 72.8 cm³/mol. The van der Waals surface area contributed by atoms with Crippen LogP contribution in [0.5, 0.6) is 5.75 Å². The first kappa shape index (κ1) is 14.8. The average molecular weight is 271 g/mol. The summed E-state index contributed by atoms with van der Waals surface area (Å²) in [4.78, 5) is 11.0. The van der Waals surface area contributed by atoms with Gasteiger partial charge in [0.25, 0.3) is 0 Å². The predicted octanol–water partition coefficient (Wildman–Crippen LogP) is 3.72. The topological polar surface area (TPSA) is 46.5 Å². The summed E-state index contributed by atoms with van der Waals surface area (Å²) >= 11 is 6.19. The first-order chi connectivity index (χ1) is 8.20. The van der Waals surface area contributed by atoms with E-state index in [9.17, 15) is 4.79 Å². The molecular weight excluding hydrogens is 252 g/mol. The number of hydrogen-bond acceptors (Lipinski definition) is 2. The number of methoxy groups -OCH3 is 1. The number of carbonyl (C=O) groups is 1. The molecule has 1 rings (SSSR count). The van der Waals surface area contributed by atoms with E-state index in [1.165, 1.54) is 0 Å². The summed E-state index contributed by atoms with van der Waals surface area (Å²) in [6, 6.07) is 1.84. The molecule has 0 atom stereocenters. The van der Waals surface area contributed by atoms with Gasteiger partial charge in [0.15, 0.2) is 0 Å². The summed E-state index contributed by atoms with van der Waals surface area (Å²) < 4.78 is 5.43. The highest BCUT2D eigenvalue weighted by molar-refractivity contribution is 6.31. The Hall–Kier alpha value is -1.22. The van der Waals surface area contributed by atoms with Gasteiger partial charge < -0.3 is 9.84 Å². The molecule has 100 valence electrons. The normalized spacial score (nSPS) is 11.4. The zero-order valence-corrected chi connectivity index (χ0v) is 12.2. The molecule has 1 aromatic carbocycles. The molecule has 0 saturated heterocycles. The van der Waals surface area contributed by atoms with Gasteiger partial charge in [0, 0.05) is 16.0 Å². The lowest BCUT2D eigenvalue weighted by atomic mass is 9.78. The van der Waals surface area contributed by atoms with Crippen LogP contribution in [0.4, 0.5) is 0 Å². The Morgan fingerprint density at radius 1 is 1.44 bits per heavy atom. The third kappa shape index (κ3) is 2.78. The van der Waals surface area contributed by atoms with Crippen molar-refractivity contribution in [1.29, 1.82) is 0 Å². The zero-order chi connectivity index (χ0) is 14.1. The van der Waals surface area contributed by atoms with Crippen LogP contribution < -0.4 is 4.74 Å². The highest BCUT2D eigenvalue weighted by atomic mass is 35.5. The summed E-state index contributed by atoms with van der Waals surface area (Å²) in [5.74, 6) is -0.109. The van der Waals surface area contributed by atoms with E-state index in [0.717, 1.165) is 22.4 Å². The maximum absolute atomic E-state index is 11.0. The summed E-state index contributed by atoms with van der Waals surface area (Å²) in [7, 11) is 1.59. The molecule has 0 aliphatic heterocycles. The summed E-state index contributed by atoms with van der Waals surface area (Å²) in [5, 5.41) is 9.67. The fourth-order valence-corrected chi connectivity index (χ4v) is 2.65. The number of carboxylic acid groups (broad SMARTS) is 1. The molecule has 0 saturated carbocycles. The van der Waals surface area contributed by atoms with Crippen molar-refractivity contribution in [3.8, 4) is 5.75 Å².